The van der Waals surface area contributed by atoms with Crippen molar-refractivity contribution >= 4 is 27.5 Å². The maximum absolute atomic E-state index is 12.6. The van der Waals surface area contributed by atoms with E-state index in [-0.39, 0.29) is 22.2 Å². The molecule has 1 N–H and O–H groups in total. The molecule has 1 aliphatic carbocycles. The summed E-state index contributed by atoms with van der Waals surface area (Å²) in [5.74, 6) is -0.942. The fourth-order valence-corrected chi connectivity index (χ4v) is 4.77. The Labute approximate surface area is 166 Å². The molecule has 1 heterocycles. The second-order valence-corrected chi connectivity index (χ2v) is 10.6. The van der Waals surface area contributed by atoms with Crippen LogP contribution in [-0.2, 0) is 20.9 Å². The second-order valence-electron chi connectivity index (χ2n) is 8.74. The molecular formula is C21H26N2O4S. The van der Waals surface area contributed by atoms with E-state index in [0.29, 0.717) is 5.69 Å². The number of pyridine rings is 1. The van der Waals surface area contributed by atoms with Gasteiger partial charge in [-0.15, -0.1) is 0 Å². The Morgan fingerprint density at radius 2 is 1.64 bits per heavy atom. The van der Waals surface area contributed by atoms with Crippen molar-refractivity contribution in [3.8, 4) is 0 Å². The van der Waals surface area contributed by atoms with E-state index in [0.717, 1.165) is 29.0 Å². The van der Waals surface area contributed by atoms with Crippen LogP contribution in [0.3, 0.4) is 0 Å². The van der Waals surface area contributed by atoms with Crippen molar-refractivity contribution in [2.45, 2.75) is 51.4 Å². The first kappa shape index (κ1) is 20.3. The van der Waals surface area contributed by atoms with Gasteiger partial charge in [0.2, 0.25) is 10.0 Å². The first-order chi connectivity index (χ1) is 12.8. The van der Waals surface area contributed by atoms with Crippen LogP contribution >= 0.6 is 0 Å². The summed E-state index contributed by atoms with van der Waals surface area (Å²) < 4.78 is 26.3. The van der Waals surface area contributed by atoms with Gasteiger partial charge < -0.3 is 5.11 Å². The number of nitrogens with zero attached hydrogens (tertiary/aromatic N) is 2. The third kappa shape index (κ3) is 3.63. The lowest BCUT2D eigenvalue weighted by Gasteiger charge is -2.42. The molecule has 1 aromatic heterocycles. The Morgan fingerprint density at radius 3 is 2.14 bits per heavy atom. The number of hydrogen-bond acceptors (Lipinski definition) is 4. The van der Waals surface area contributed by atoms with Gasteiger partial charge in [0.1, 0.15) is 5.82 Å². The van der Waals surface area contributed by atoms with Crippen molar-refractivity contribution in [1.82, 2.24) is 4.98 Å². The predicted octanol–water partition coefficient (Wildman–Crippen LogP) is 4.23. The molecule has 7 heteroatoms. The predicted molar refractivity (Wildman–Crippen MR) is 110 cm³/mol. The maximum Gasteiger partial charge on any atom is 0.337 e. The van der Waals surface area contributed by atoms with Gasteiger partial charge in [-0.25, -0.2) is 22.5 Å². The number of carboxylic acid groups (broad SMARTS) is 1. The molecule has 1 aliphatic rings. The molecule has 0 spiro atoms. The zero-order chi connectivity index (χ0) is 20.9. The molecule has 0 unspecified atom stereocenters. The minimum absolute atomic E-state index is 0.00512. The van der Waals surface area contributed by atoms with Crippen molar-refractivity contribution < 1.29 is 18.3 Å². The van der Waals surface area contributed by atoms with Crippen LogP contribution in [0.25, 0.3) is 0 Å². The van der Waals surface area contributed by atoms with Gasteiger partial charge in [0.15, 0.2) is 0 Å². The Balaban J connectivity index is 2.17. The summed E-state index contributed by atoms with van der Waals surface area (Å²) in [6, 6.07) is 8.52. The van der Waals surface area contributed by atoms with Crippen molar-refractivity contribution in [2.24, 2.45) is 0 Å². The number of hydrogen-bond donors (Lipinski definition) is 1. The van der Waals surface area contributed by atoms with Gasteiger partial charge in [0.05, 0.1) is 17.5 Å². The summed E-state index contributed by atoms with van der Waals surface area (Å²) in [7, 11) is -3.67. The van der Waals surface area contributed by atoms with Crippen LogP contribution in [0.15, 0.2) is 36.5 Å². The molecule has 1 aromatic carbocycles. The Bertz CT molecular complexity index is 1020. The standard InChI is InChI=1S/C21H26N2O4S/c1-20(2)10-11-21(3,4)17-12-15(7-8-16(17)20)23(28(5,26)27)18-9-6-14(13-22-18)19(24)25/h6-9,12-13H,10-11H2,1-5H3,(H,24,25). The SMILES string of the molecule is CC1(C)CCC(C)(C)c2cc(N(c3ccc(C(=O)O)cn3)S(C)(=O)=O)ccc21. The number of anilines is 2. The Hall–Kier alpha value is -2.41. The summed E-state index contributed by atoms with van der Waals surface area (Å²) >= 11 is 0. The Kier molecular flexibility index (Phi) is 4.78. The third-order valence-corrected chi connectivity index (χ3v) is 6.67. The quantitative estimate of drug-likeness (QED) is 0.827. The minimum Gasteiger partial charge on any atom is -0.478 e. The molecule has 150 valence electrons. The van der Waals surface area contributed by atoms with E-state index >= 15 is 0 Å². The lowest BCUT2D eigenvalue weighted by Crippen LogP contribution is -2.34. The highest BCUT2D eigenvalue weighted by Gasteiger charge is 2.37. The molecule has 0 bridgehead atoms. The molecule has 0 saturated heterocycles. The number of aromatic nitrogens is 1. The first-order valence-corrected chi connectivity index (χ1v) is 11.0. The van der Waals surface area contributed by atoms with Crippen molar-refractivity contribution in [1.29, 1.82) is 0 Å². The van der Waals surface area contributed by atoms with Crippen molar-refractivity contribution in [3.05, 3.63) is 53.2 Å². The summed E-state index contributed by atoms with van der Waals surface area (Å²) in [5.41, 5.74) is 2.84. The zero-order valence-corrected chi connectivity index (χ0v) is 17.7. The fraction of sp³-hybridized carbons (Fsp3) is 0.429. The van der Waals surface area contributed by atoms with Crippen LogP contribution in [0.5, 0.6) is 0 Å². The summed E-state index contributed by atoms with van der Waals surface area (Å²) in [6.45, 7) is 8.77. The van der Waals surface area contributed by atoms with Gasteiger partial charge in [-0.05, 0) is 59.1 Å². The van der Waals surface area contributed by atoms with Gasteiger partial charge in [-0.1, -0.05) is 33.8 Å². The normalized spacial score (nSPS) is 17.6. The number of benzene rings is 1. The first-order valence-electron chi connectivity index (χ1n) is 9.18. The highest BCUT2D eigenvalue weighted by molar-refractivity contribution is 7.92. The molecule has 6 nitrogen and oxygen atoms in total. The number of carbonyl (C=O) groups is 1. The van der Waals surface area contributed by atoms with Crippen LogP contribution in [0, 0.1) is 0 Å². The van der Waals surface area contributed by atoms with Crippen LogP contribution < -0.4 is 4.31 Å². The number of sulfonamides is 1. The highest BCUT2D eigenvalue weighted by Crippen LogP contribution is 2.47. The molecule has 2 aromatic rings. The lowest BCUT2D eigenvalue weighted by molar-refractivity contribution is 0.0696. The number of carboxylic acids is 1. The fourth-order valence-electron chi connectivity index (χ4n) is 3.83. The molecule has 0 amide bonds. The van der Waals surface area contributed by atoms with Crippen LogP contribution in [-0.4, -0.2) is 30.7 Å². The summed E-state index contributed by atoms with van der Waals surface area (Å²) in [4.78, 5) is 15.2. The molecular weight excluding hydrogens is 376 g/mol. The van der Waals surface area contributed by atoms with Gasteiger partial charge in [0, 0.05) is 6.20 Å². The van der Waals surface area contributed by atoms with E-state index in [4.69, 9.17) is 5.11 Å². The summed E-state index contributed by atoms with van der Waals surface area (Å²) in [6.07, 6.45) is 4.37. The highest BCUT2D eigenvalue weighted by atomic mass is 32.2. The van der Waals surface area contributed by atoms with E-state index in [1.54, 1.807) is 6.07 Å². The van der Waals surface area contributed by atoms with Crippen molar-refractivity contribution in [3.63, 3.8) is 0 Å². The van der Waals surface area contributed by atoms with E-state index in [2.05, 4.69) is 32.7 Å². The zero-order valence-electron chi connectivity index (χ0n) is 16.9. The van der Waals surface area contributed by atoms with Gasteiger partial charge in [0.25, 0.3) is 0 Å². The Morgan fingerprint density at radius 1 is 1.04 bits per heavy atom. The van der Waals surface area contributed by atoms with E-state index in [1.165, 1.54) is 23.9 Å². The molecule has 0 fully saturated rings. The molecule has 28 heavy (non-hydrogen) atoms. The van der Waals surface area contributed by atoms with Gasteiger partial charge in [-0.2, -0.15) is 0 Å². The van der Waals surface area contributed by atoms with Crippen LogP contribution in [0.1, 0.15) is 62.0 Å². The smallest absolute Gasteiger partial charge is 0.337 e. The third-order valence-electron chi connectivity index (χ3n) is 5.61. The molecule has 0 aliphatic heterocycles. The monoisotopic (exact) mass is 402 g/mol. The largest absolute Gasteiger partial charge is 0.478 e. The molecule has 0 radical (unpaired) electrons. The second kappa shape index (κ2) is 6.58. The average Bonchev–Trinajstić information content (AvgIpc) is 2.58. The average molecular weight is 403 g/mol. The van der Waals surface area contributed by atoms with Crippen molar-refractivity contribution in [2.75, 3.05) is 10.6 Å². The number of rotatable bonds is 4. The van der Waals surface area contributed by atoms with Crippen LogP contribution in [0.4, 0.5) is 11.5 Å². The molecule has 0 saturated carbocycles. The number of aromatic carboxylic acids is 1. The molecule has 3 rings (SSSR count). The lowest BCUT2D eigenvalue weighted by atomic mass is 9.63. The van der Waals surface area contributed by atoms with E-state index in [9.17, 15) is 13.2 Å². The minimum atomic E-state index is -3.67. The number of fused-ring (bicyclic) bond motifs is 1. The van der Waals surface area contributed by atoms with Gasteiger partial charge in [-0.3, -0.25) is 0 Å². The molecule has 0 atom stereocenters. The summed E-state index contributed by atoms with van der Waals surface area (Å²) in [5, 5.41) is 9.06. The van der Waals surface area contributed by atoms with E-state index < -0.39 is 16.0 Å². The van der Waals surface area contributed by atoms with E-state index in [1.807, 2.05) is 12.1 Å². The van der Waals surface area contributed by atoms with Crippen LogP contribution in [0.2, 0.25) is 0 Å². The topological polar surface area (TPSA) is 87.6 Å². The maximum atomic E-state index is 12.6. The van der Waals surface area contributed by atoms with Gasteiger partial charge >= 0.3 is 5.97 Å².